The molecule has 0 radical (unpaired) electrons. The van der Waals surface area contributed by atoms with Crippen molar-refractivity contribution >= 4 is 22.2 Å². The van der Waals surface area contributed by atoms with Gasteiger partial charge in [0.15, 0.2) is 0 Å². The molecule has 0 fully saturated rings. The number of ketones is 1. The minimum absolute atomic E-state index is 0.0363. The fraction of sp³-hybridized carbons (Fsp3) is 0.100. The summed E-state index contributed by atoms with van der Waals surface area (Å²) in [6.07, 6.45) is 1.90. The first-order valence-corrected chi connectivity index (χ1v) is 7.73. The molecule has 0 saturated heterocycles. The van der Waals surface area contributed by atoms with E-state index >= 15 is 0 Å². The average molecular weight is 316 g/mol. The van der Waals surface area contributed by atoms with E-state index in [1.54, 1.807) is 31.4 Å². The van der Waals surface area contributed by atoms with Gasteiger partial charge in [-0.2, -0.15) is 0 Å². The minimum atomic E-state index is -0.0363. The zero-order valence-electron chi connectivity index (χ0n) is 13.5. The molecule has 2 aromatic heterocycles. The third-order valence-electron chi connectivity index (χ3n) is 4.16. The molecule has 0 bridgehead atoms. The van der Waals surface area contributed by atoms with Crippen LogP contribution in [-0.4, -0.2) is 22.3 Å². The Morgan fingerprint density at radius 1 is 1.08 bits per heavy atom. The molecule has 4 aromatic rings. The van der Waals surface area contributed by atoms with Gasteiger partial charge in [0.1, 0.15) is 11.4 Å². The quantitative estimate of drug-likeness (QED) is 0.536. The van der Waals surface area contributed by atoms with Gasteiger partial charge in [-0.05, 0) is 42.6 Å². The van der Waals surface area contributed by atoms with Crippen molar-refractivity contribution in [2.45, 2.75) is 6.92 Å². The van der Waals surface area contributed by atoms with Gasteiger partial charge in [0.25, 0.3) is 0 Å². The first kappa shape index (κ1) is 14.5. The predicted molar refractivity (Wildman–Crippen MR) is 93.9 cm³/mol. The Bertz CT molecular complexity index is 1060. The lowest BCUT2D eigenvalue weighted by atomic mass is 10.0. The number of fused-ring (bicyclic) bond motifs is 3. The van der Waals surface area contributed by atoms with Crippen molar-refractivity contribution in [2.24, 2.45) is 0 Å². The molecule has 0 unspecified atom stereocenters. The summed E-state index contributed by atoms with van der Waals surface area (Å²) in [6, 6.07) is 17.1. The predicted octanol–water partition coefficient (Wildman–Crippen LogP) is 4.04. The first-order chi connectivity index (χ1) is 11.7. The monoisotopic (exact) mass is 316 g/mol. The number of rotatable bonds is 3. The van der Waals surface area contributed by atoms with Crippen LogP contribution in [0.2, 0.25) is 0 Å². The van der Waals surface area contributed by atoms with Gasteiger partial charge in [-0.15, -0.1) is 0 Å². The fourth-order valence-corrected chi connectivity index (χ4v) is 2.98. The largest absolute Gasteiger partial charge is 0.497 e. The van der Waals surface area contributed by atoms with Crippen molar-refractivity contribution in [3.05, 3.63) is 77.7 Å². The van der Waals surface area contributed by atoms with Gasteiger partial charge in [-0.1, -0.05) is 24.3 Å². The summed E-state index contributed by atoms with van der Waals surface area (Å²) in [7, 11) is 1.61. The van der Waals surface area contributed by atoms with E-state index in [4.69, 9.17) is 4.74 Å². The second-order valence-corrected chi connectivity index (χ2v) is 5.75. The Kier molecular flexibility index (Phi) is 3.31. The number of aromatic nitrogens is 2. The lowest BCUT2D eigenvalue weighted by molar-refractivity contribution is 0.103. The van der Waals surface area contributed by atoms with E-state index in [2.05, 4.69) is 4.98 Å². The summed E-state index contributed by atoms with van der Waals surface area (Å²) in [5.41, 5.74) is 2.92. The number of carbonyl (C=O) groups is 1. The van der Waals surface area contributed by atoms with Crippen molar-refractivity contribution in [2.75, 3.05) is 7.11 Å². The third-order valence-corrected chi connectivity index (χ3v) is 4.16. The number of nitrogens with zero attached hydrogens (tertiary/aromatic N) is 2. The van der Waals surface area contributed by atoms with Gasteiger partial charge in [-0.25, -0.2) is 4.98 Å². The SMILES string of the molecule is COc1ccc(C(=O)c2cc3ccccc3c3nc(C)cn23)cc1. The molecule has 4 nitrogen and oxygen atoms in total. The molecular formula is C20H16N2O2. The molecule has 118 valence electrons. The highest BCUT2D eigenvalue weighted by molar-refractivity contribution is 6.11. The second-order valence-electron chi connectivity index (χ2n) is 5.75. The zero-order chi connectivity index (χ0) is 16.7. The summed E-state index contributed by atoms with van der Waals surface area (Å²) in [6.45, 7) is 1.93. The fourth-order valence-electron chi connectivity index (χ4n) is 2.98. The number of aryl methyl sites for hydroxylation is 1. The van der Waals surface area contributed by atoms with Gasteiger partial charge in [0.2, 0.25) is 5.78 Å². The van der Waals surface area contributed by atoms with Crippen LogP contribution >= 0.6 is 0 Å². The normalized spacial score (nSPS) is 11.1. The lowest BCUT2D eigenvalue weighted by Crippen LogP contribution is -2.07. The van der Waals surface area contributed by atoms with Crippen LogP contribution in [0.5, 0.6) is 5.75 Å². The number of imidazole rings is 1. The Morgan fingerprint density at radius 3 is 2.58 bits per heavy atom. The van der Waals surface area contributed by atoms with Gasteiger partial charge in [0, 0.05) is 17.1 Å². The molecule has 0 aliphatic rings. The van der Waals surface area contributed by atoms with E-state index in [0.29, 0.717) is 11.3 Å². The summed E-state index contributed by atoms with van der Waals surface area (Å²) in [4.78, 5) is 17.6. The molecule has 0 saturated carbocycles. The zero-order valence-corrected chi connectivity index (χ0v) is 13.5. The summed E-state index contributed by atoms with van der Waals surface area (Å²) >= 11 is 0. The van der Waals surface area contributed by atoms with Crippen LogP contribution in [0.25, 0.3) is 16.4 Å². The molecule has 0 atom stereocenters. The molecule has 2 aromatic carbocycles. The average Bonchev–Trinajstić information content (AvgIpc) is 3.02. The standard InChI is InChI=1S/C20H16N2O2/c1-13-12-22-18(19(23)14-7-9-16(24-2)10-8-14)11-15-5-3-4-6-17(15)20(22)21-13/h3-12H,1-2H3. The molecule has 0 N–H and O–H groups in total. The van der Waals surface area contributed by atoms with Crippen LogP contribution in [0.3, 0.4) is 0 Å². The molecule has 4 rings (SSSR count). The van der Waals surface area contributed by atoms with E-state index in [1.165, 1.54) is 0 Å². The van der Waals surface area contributed by atoms with E-state index in [9.17, 15) is 4.79 Å². The number of hydrogen-bond acceptors (Lipinski definition) is 3. The van der Waals surface area contributed by atoms with Crippen LogP contribution < -0.4 is 4.74 Å². The molecule has 0 amide bonds. The van der Waals surface area contributed by atoms with Crippen molar-refractivity contribution in [1.82, 2.24) is 9.38 Å². The molecule has 2 heterocycles. The van der Waals surface area contributed by atoms with E-state index in [0.717, 1.165) is 27.9 Å². The number of methoxy groups -OCH3 is 1. The van der Waals surface area contributed by atoms with Crippen LogP contribution in [0, 0.1) is 6.92 Å². The maximum atomic E-state index is 13.0. The maximum absolute atomic E-state index is 13.0. The highest BCUT2D eigenvalue weighted by Gasteiger charge is 2.16. The van der Waals surface area contributed by atoms with E-state index in [1.807, 2.05) is 47.9 Å². The molecule has 4 heteroatoms. The topological polar surface area (TPSA) is 43.6 Å². The highest BCUT2D eigenvalue weighted by Crippen LogP contribution is 2.24. The number of carbonyl (C=O) groups excluding carboxylic acids is 1. The highest BCUT2D eigenvalue weighted by atomic mass is 16.5. The van der Waals surface area contributed by atoms with Crippen molar-refractivity contribution in [1.29, 1.82) is 0 Å². The smallest absolute Gasteiger partial charge is 0.209 e. The van der Waals surface area contributed by atoms with Crippen molar-refractivity contribution < 1.29 is 9.53 Å². The van der Waals surface area contributed by atoms with Crippen molar-refractivity contribution in [3.63, 3.8) is 0 Å². The lowest BCUT2D eigenvalue weighted by Gasteiger charge is -2.08. The molecule has 0 aliphatic carbocycles. The van der Waals surface area contributed by atoms with E-state index < -0.39 is 0 Å². The Morgan fingerprint density at radius 2 is 1.83 bits per heavy atom. The van der Waals surface area contributed by atoms with Crippen LogP contribution in [0.15, 0.2) is 60.8 Å². The van der Waals surface area contributed by atoms with Crippen molar-refractivity contribution in [3.8, 4) is 5.75 Å². The van der Waals surface area contributed by atoms with Gasteiger partial charge < -0.3 is 4.74 Å². The Hall–Kier alpha value is -3.14. The first-order valence-electron chi connectivity index (χ1n) is 7.73. The number of pyridine rings is 1. The van der Waals surface area contributed by atoms with Crippen LogP contribution in [0.4, 0.5) is 0 Å². The minimum Gasteiger partial charge on any atom is -0.497 e. The summed E-state index contributed by atoms with van der Waals surface area (Å²) < 4.78 is 7.04. The number of hydrogen-bond donors (Lipinski definition) is 0. The van der Waals surface area contributed by atoms with Crippen LogP contribution in [-0.2, 0) is 0 Å². The third kappa shape index (κ3) is 2.24. The molecule has 0 aliphatic heterocycles. The van der Waals surface area contributed by atoms with Gasteiger partial charge >= 0.3 is 0 Å². The maximum Gasteiger partial charge on any atom is 0.209 e. The Balaban J connectivity index is 1.95. The van der Waals surface area contributed by atoms with Gasteiger partial charge in [-0.3, -0.25) is 9.20 Å². The molecule has 0 spiro atoms. The number of ether oxygens (including phenoxy) is 1. The molecule has 24 heavy (non-hydrogen) atoms. The second kappa shape index (κ2) is 5.49. The summed E-state index contributed by atoms with van der Waals surface area (Å²) in [5, 5.41) is 2.05. The number of benzene rings is 2. The van der Waals surface area contributed by atoms with E-state index in [-0.39, 0.29) is 5.78 Å². The Labute approximate surface area is 139 Å². The summed E-state index contributed by atoms with van der Waals surface area (Å²) in [5.74, 6) is 0.694. The van der Waals surface area contributed by atoms with Crippen LogP contribution in [0.1, 0.15) is 21.7 Å². The van der Waals surface area contributed by atoms with Gasteiger partial charge in [0.05, 0.1) is 18.5 Å². The molecular weight excluding hydrogens is 300 g/mol.